The summed E-state index contributed by atoms with van der Waals surface area (Å²) in [5, 5.41) is 2.82. The second kappa shape index (κ2) is 11.7. The number of ether oxygens (including phenoxy) is 2. The lowest BCUT2D eigenvalue weighted by Crippen LogP contribution is -2.30. The first-order valence-corrected chi connectivity index (χ1v) is 12.3. The lowest BCUT2D eigenvalue weighted by molar-refractivity contribution is -0.118. The molecule has 0 saturated carbocycles. The number of hydrogen-bond acceptors (Lipinski definition) is 6. The quantitative estimate of drug-likeness (QED) is 0.458. The molecule has 0 radical (unpaired) electrons. The van der Waals surface area contributed by atoms with Gasteiger partial charge in [0.15, 0.2) is 11.5 Å². The van der Waals surface area contributed by atoms with Gasteiger partial charge >= 0.3 is 0 Å². The molecule has 0 aliphatic heterocycles. The van der Waals surface area contributed by atoms with Crippen LogP contribution < -0.4 is 14.8 Å². The van der Waals surface area contributed by atoms with Crippen molar-refractivity contribution in [1.82, 2.24) is 10.3 Å². The van der Waals surface area contributed by atoms with Crippen LogP contribution in [0.2, 0.25) is 0 Å². The summed E-state index contributed by atoms with van der Waals surface area (Å²) in [6.45, 7) is 4.34. The van der Waals surface area contributed by atoms with Crippen LogP contribution in [0.1, 0.15) is 29.5 Å². The number of hydrogen-bond donors (Lipinski definition) is 1. The Morgan fingerprint density at radius 3 is 2.42 bits per heavy atom. The topological polar surface area (TPSA) is 90.7 Å². The molecule has 1 N–H and O–H groups in total. The van der Waals surface area contributed by atoms with Crippen molar-refractivity contribution in [2.75, 3.05) is 26.5 Å². The lowest BCUT2D eigenvalue weighted by atomic mass is 10.1. The maximum atomic E-state index is 12.5. The van der Waals surface area contributed by atoms with Crippen LogP contribution in [0, 0.1) is 6.92 Å². The Balaban J connectivity index is 1.49. The van der Waals surface area contributed by atoms with E-state index in [0.717, 1.165) is 17.5 Å². The van der Waals surface area contributed by atoms with Crippen molar-refractivity contribution < 1.29 is 22.9 Å². The fraction of sp³-hybridized carbons (Fsp3) is 0.360. The first-order valence-electron chi connectivity index (χ1n) is 10.8. The number of nitrogens with zero attached hydrogens (tertiary/aromatic N) is 1. The number of aromatic nitrogens is 1. The SMILES string of the molecule is CCc1ccc(-c2nc(C[S@](=O)CC(=O)NCCc3ccc(OC)c(OC)c3)c(C)o2)cc1. The highest BCUT2D eigenvalue weighted by atomic mass is 32.2. The van der Waals surface area contributed by atoms with Crippen molar-refractivity contribution >= 4 is 16.7 Å². The number of methoxy groups -OCH3 is 2. The summed E-state index contributed by atoms with van der Waals surface area (Å²) in [5.41, 5.74) is 3.73. The number of nitrogens with one attached hydrogen (secondary N) is 1. The number of benzene rings is 2. The van der Waals surface area contributed by atoms with Crippen molar-refractivity contribution in [3.63, 3.8) is 0 Å². The van der Waals surface area contributed by atoms with E-state index in [2.05, 4.69) is 17.2 Å². The van der Waals surface area contributed by atoms with Crippen LogP contribution in [-0.2, 0) is 34.2 Å². The van der Waals surface area contributed by atoms with Crippen molar-refractivity contribution in [2.45, 2.75) is 32.4 Å². The molecular weight excluding hydrogens is 440 g/mol. The third-order valence-electron chi connectivity index (χ3n) is 5.28. The molecule has 0 fully saturated rings. The second-order valence-corrected chi connectivity index (χ2v) is 9.05. The number of oxazole rings is 1. The van der Waals surface area contributed by atoms with Gasteiger partial charge in [0.05, 0.1) is 25.7 Å². The molecule has 7 nitrogen and oxygen atoms in total. The molecule has 0 spiro atoms. The first kappa shape index (κ1) is 24.5. The smallest absolute Gasteiger partial charge is 0.232 e. The highest BCUT2D eigenvalue weighted by Crippen LogP contribution is 2.27. The van der Waals surface area contributed by atoms with E-state index in [9.17, 15) is 9.00 Å². The van der Waals surface area contributed by atoms with Crippen LogP contribution in [0.25, 0.3) is 11.5 Å². The molecule has 0 unspecified atom stereocenters. The zero-order valence-corrected chi connectivity index (χ0v) is 20.3. The van der Waals surface area contributed by atoms with Crippen LogP contribution in [0.5, 0.6) is 11.5 Å². The Labute approximate surface area is 197 Å². The van der Waals surface area contributed by atoms with E-state index in [1.165, 1.54) is 5.56 Å². The second-order valence-electron chi connectivity index (χ2n) is 7.59. The van der Waals surface area contributed by atoms with Gasteiger partial charge in [0.25, 0.3) is 0 Å². The van der Waals surface area contributed by atoms with Crippen LogP contribution in [0.4, 0.5) is 0 Å². The van der Waals surface area contributed by atoms with Crippen LogP contribution in [0.3, 0.4) is 0 Å². The minimum Gasteiger partial charge on any atom is -0.493 e. The predicted molar refractivity (Wildman–Crippen MR) is 129 cm³/mol. The van der Waals surface area contributed by atoms with Crippen molar-refractivity contribution in [2.24, 2.45) is 0 Å². The zero-order valence-electron chi connectivity index (χ0n) is 19.5. The third kappa shape index (κ3) is 6.68. The molecule has 0 aliphatic rings. The van der Waals surface area contributed by atoms with Crippen LogP contribution in [0.15, 0.2) is 46.9 Å². The predicted octanol–water partition coefficient (Wildman–Crippen LogP) is 3.84. The average molecular weight is 471 g/mol. The van der Waals surface area contributed by atoms with Gasteiger partial charge in [-0.3, -0.25) is 9.00 Å². The van der Waals surface area contributed by atoms with Crippen molar-refractivity contribution in [1.29, 1.82) is 0 Å². The van der Waals surface area contributed by atoms with E-state index in [-0.39, 0.29) is 17.4 Å². The molecule has 1 aromatic heterocycles. The summed E-state index contributed by atoms with van der Waals surface area (Å²) in [7, 11) is 1.78. The number of aryl methyl sites for hydroxylation is 2. The molecule has 0 bridgehead atoms. The lowest BCUT2D eigenvalue weighted by Gasteiger charge is -2.10. The van der Waals surface area contributed by atoms with Crippen LogP contribution in [-0.4, -0.2) is 41.6 Å². The Morgan fingerprint density at radius 1 is 1.06 bits per heavy atom. The largest absolute Gasteiger partial charge is 0.493 e. The molecule has 176 valence electrons. The van der Waals surface area contributed by atoms with Gasteiger partial charge in [-0.25, -0.2) is 4.98 Å². The summed E-state index contributed by atoms with van der Waals surface area (Å²) in [4.78, 5) is 16.7. The summed E-state index contributed by atoms with van der Waals surface area (Å²) in [6, 6.07) is 13.7. The van der Waals surface area contributed by atoms with Crippen molar-refractivity contribution in [3.8, 4) is 23.0 Å². The molecule has 33 heavy (non-hydrogen) atoms. The minimum absolute atomic E-state index is 0.0846. The van der Waals surface area contributed by atoms with E-state index in [4.69, 9.17) is 13.9 Å². The average Bonchev–Trinajstić information content (AvgIpc) is 3.18. The maximum absolute atomic E-state index is 12.5. The third-order valence-corrected chi connectivity index (χ3v) is 6.45. The molecule has 1 amide bonds. The standard InChI is InChI=1S/C25H30N2O5S/c1-5-18-6-9-20(10-7-18)25-27-21(17(2)32-25)15-33(29)16-24(28)26-13-12-19-8-11-22(30-3)23(14-19)31-4/h6-11,14H,5,12-13,15-16H2,1-4H3,(H,26,28)/t33-/m0/s1. The van der Waals surface area contributed by atoms with Gasteiger partial charge in [-0.2, -0.15) is 0 Å². The van der Waals surface area contributed by atoms with E-state index in [1.54, 1.807) is 21.1 Å². The molecule has 3 rings (SSSR count). The monoisotopic (exact) mass is 470 g/mol. The highest BCUT2D eigenvalue weighted by Gasteiger charge is 2.16. The maximum Gasteiger partial charge on any atom is 0.232 e. The Morgan fingerprint density at radius 2 is 1.76 bits per heavy atom. The summed E-state index contributed by atoms with van der Waals surface area (Å²) in [6.07, 6.45) is 1.59. The van der Waals surface area contributed by atoms with Gasteiger partial charge < -0.3 is 19.2 Å². The summed E-state index contributed by atoms with van der Waals surface area (Å²) in [5.74, 6) is 2.25. The van der Waals surface area contributed by atoms with Gasteiger partial charge in [0.2, 0.25) is 11.8 Å². The first-order chi connectivity index (χ1) is 15.9. The Hall–Kier alpha value is -3.13. The molecule has 1 heterocycles. The van der Waals surface area contributed by atoms with Gasteiger partial charge in [-0.05, 0) is 55.2 Å². The van der Waals surface area contributed by atoms with Crippen LogP contribution >= 0.6 is 0 Å². The van der Waals surface area contributed by atoms with Gasteiger partial charge in [-0.1, -0.05) is 25.1 Å². The molecule has 0 saturated heterocycles. The van der Waals surface area contributed by atoms with E-state index in [1.807, 2.05) is 42.5 Å². The van der Waals surface area contributed by atoms with Gasteiger partial charge in [0.1, 0.15) is 11.5 Å². The van der Waals surface area contributed by atoms with Gasteiger partial charge in [-0.15, -0.1) is 0 Å². The Kier molecular flexibility index (Phi) is 8.65. The highest BCUT2D eigenvalue weighted by molar-refractivity contribution is 7.84. The van der Waals surface area contributed by atoms with E-state index >= 15 is 0 Å². The summed E-state index contributed by atoms with van der Waals surface area (Å²) < 4.78 is 28.8. The van der Waals surface area contributed by atoms with E-state index in [0.29, 0.717) is 41.8 Å². The number of carbonyl (C=O) groups is 1. The van der Waals surface area contributed by atoms with E-state index < -0.39 is 10.8 Å². The normalized spacial score (nSPS) is 11.8. The molecular formula is C25H30N2O5S. The molecule has 2 aromatic carbocycles. The molecule has 1 atom stereocenters. The Bertz CT molecular complexity index is 1110. The number of rotatable bonds is 11. The van der Waals surface area contributed by atoms with Gasteiger partial charge in [0, 0.05) is 22.9 Å². The number of carbonyl (C=O) groups excluding carboxylic acids is 1. The summed E-state index contributed by atoms with van der Waals surface area (Å²) >= 11 is 0. The fourth-order valence-corrected chi connectivity index (χ4v) is 4.42. The van der Waals surface area contributed by atoms with Crippen molar-refractivity contribution in [3.05, 3.63) is 65.0 Å². The molecule has 0 aliphatic carbocycles. The fourth-order valence-electron chi connectivity index (χ4n) is 3.35. The molecule has 8 heteroatoms. The number of amides is 1. The molecule has 3 aromatic rings. The zero-order chi connectivity index (χ0) is 23.8. The minimum atomic E-state index is -1.39.